The molecule has 1 heterocycles. The summed E-state index contributed by atoms with van der Waals surface area (Å²) in [7, 11) is 0. The van der Waals surface area contributed by atoms with Crippen molar-refractivity contribution in [2.24, 2.45) is 5.73 Å². The van der Waals surface area contributed by atoms with Crippen molar-refractivity contribution in [3.8, 4) is 0 Å². The normalized spacial score (nSPS) is 13.2. The Morgan fingerprint density at radius 2 is 1.95 bits per heavy atom. The Bertz CT molecular complexity index is 437. The van der Waals surface area contributed by atoms with Gasteiger partial charge in [0.25, 0.3) is 0 Å². The molecule has 3 N–H and O–H groups in total. The second-order valence-corrected chi connectivity index (χ2v) is 6.45. The fourth-order valence-electron chi connectivity index (χ4n) is 1.87. The van der Waals surface area contributed by atoms with E-state index in [0.717, 1.165) is 32.2 Å². The van der Waals surface area contributed by atoms with E-state index in [9.17, 15) is 4.79 Å². The van der Waals surface area contributed by atoms with Gasteiger partial charge in [0.2, 0.25) is 11.8 Å². The number of carbonyl (C=O) groups excluding carboxylic acids is 1. The van der Waals surface area contributed by atoms with E-state index in [1.807, 2.05) is 27.7 Å². The number of nitrogens with two attached hydrogens (primary N) is 1. The molecule has 0 spiro atoms. The van der Waals surface area contributed by atoms with Crippen LogP contribution < -0.4 is 11.1 Å². The monoisotopic (exact) mass is 296 g/mol. The van der Waals surface area contributed by atoms with Crippen LogP contribution in [-0.2, 0) is 10.2 Å². The SMILES string of the molecule is CC(NC(=O)CCCCCCN)c1nc(C(C)(C)C)no1. The molecule has 6 heteroatoms. The second kappa shape index (κ2) is 8.12. The number of nitrogens with one attached hydrogen (secondary N) is 1. The van der Waals surface area contributed by atoms with Gasteiger partial charge < -0.3 is 15.6 Å². The van der Waals surface area contributed by atoms with Crippen LogP contribution in [0.3, 0.4) is 0 Å². The average Bonchev–Trinajstić information content (AvgIpc) is 2.88. The second-order valence-electron chi connectivity index (χ2n) is 6.45. The number of hydrogen-bond acceptors (Lipinski definition) is 5. The molecule has 1 aromatic rings. The van der Waals surface area contributed by atoms with Crippen molar-refractivity contribution in [1.29, 1.82) is 0 Å². The lowest BCUT2D eigenvalue weighted by Crippen LogP contribution is -2.26. The van der Waals surface area contributed by atoms with Gasteiger partial charge in [-0.25, -0.2) is 0 Å². The summed E-state index contributed by atoms with van der Waals surface area (Å²) < 4.78 is 5.22. The molecule has 1 aromatic heterocycles. The van der Waals surface area contributed by atoms with Crippen molar-refractivity contribution >= 4 is 5.91 Å². The highest BCUT2D eigenvalue weighted by Gasteiger charge is 2.23. The maximum absolute atomic E-state index is 11.8. The molecule has 1 amide bonds. The minimum absolute atomic E-state index is 0.0192. The molecule has 21 heavy (non-hydrogen) atoms. The quantitative estimate of drug-likeness (QED) is 0.719. The van der Waals surface area contributed by atoms with Gasteiger partial charge >= 0.3 is 0 Å². The van der Waals surface area contributed by atoms with Gasteiger partial charge in [0.15, 0.2) is 5.82 Å². The highest BCUT2D eigenvalue weighted by atomic mass is 16.5. The minimum atomic E-state index is -0.259. The summed E-state index contributed by atoms with van der Waals surface area (Å²) in [6.07, 6.45) is 4.55. The first-order chi connectivity index (χ1) is 9.84. The van der Waals surface area contributed by atoms with Crippen molar-refractivity contribution in [3.05, 3.63) is 11.7 Å². The van der Waals surface area contributed by atoms with Crippen LogP contribution in [0.2, 0.25) is 0 Å². The number of amides is 1. The molecule has 0 bridgehead atoms. The van der Waals surface area contributed by atoms with Crippen LogP contribution in [0.5, 0.6) is 0 Å². The molecule has 0 aliphatic rings. The van der Waals surface area contributed by atoms with E-state index in [1.54, 1.807) is 0 Å². The smallest absolute Gasteiger partial charge is 0.248 e. The molecular formula is C15H28N4O2. The van der Waals surface area contributed by atoms with E-state index in [1.165, 1.54) is 0 Å². The van der Waals surface area contributed by atoms with Crippen LogP contribution in [0.15, 0.2) is 4.52 Å². The van der Waals surface area contributed by atoms with Crippen molar-refractivity contribution in [3.63, 3.8) is 0 Å². The summed E-state index contributed by atoms with van der Waals surface area (Å²) in [6, 6.07) is -0.259. The molecule has 0 aromatic carbocycles. The van der Waals surface area contributed by atoms with Gasteiger partial charge in [0.1, 0.15) is 6.04 Å². The maximum atomic E-state index is 11.8. The van der Waals surface area contributed by atoms with Gasteiger partial charge in [-0.05, 0) is 26.3 Å². The highest BCUT2D eigenvalue weighted by Crippen LogP contribution is 2.20. The van der Waals surface area contributed by atoms with E-state index in [2.05, 4.69) is 15.5 Å². The van der Waals surface area contributed by atoms with E-state index in [4.69, 9.17) is 10.3 Å². The predicted molar refractivity (Wildman–Crippen MR) is 81.7 cm³/mol. The Kier molecular flexibility index (Phi) is 6.81. The molecule has 0 saturated carbocycles. The van der Waals surface area contributed by atoms with Gasteiger partial charge in [0.05, 0.1) is 0 Å². The summed E-state index contributed by atoms with van der Waals surface area (Å²) in [4.78, 5) is 16.2. The molecule has 1 unspecified atom stereocenters. The summed E-state index contributed by atoms with van der Waals surface area (Å²) in [5.74, 6) is 1.13. The van der Waals surface area contributed by atoms with Crippen LogP contribution in [0.4, 0.5) is 0 Å². The summed E-state index contributed by atoms with van der Waals surface area (Å²) in [5, 5.41) is 6.85. The number of rotatable bonds is 8. The largest absolute Gasteiger partial charge is 0.345 e. The Morgan fingerprint density at radius 3 is 2.52 bits per heavy atom. The number of nitrogens with zero attached hydrogens (tertiary/aromatic N) is 2. The van der Waals surface area contributed by atoms with Crippen LogP contribution >= 0.6 is 0 Å². The van der Waals surface area contributed by atoms with Crippen molar-refractivity contribution in [1.82, 2.24) is 15.5 Å². The standard InChI is InChI=1S/C15H28N4O2/c1-11(13-18-14(19-21-13)15(2,3)4)17-12(20)9-7-5-6-8-10-16/h11H,5-10,16H2,1-4H3,(H,17,20). The van der Waals surface area contributed by atoms with Crippen LogP contribution in [0.25, 0.3) is 0 Å². The number of carbonyl (C=O) groups is 1. The third-order valence-electron chi connectivity index (χ3n) is 3.22. The fourth-order valence-corrected chi connectivity index (χ4v) is 1.87. The number of unbranched alkanes of at least 4 members (excludes halogenated alkanes) is 3. The highest BCUT2D eigenvalue weighted by molar-refractivity contribution is 5.76. The topological polar surface area (TPSA) is 94.0 Å². The molecule has 1 rings (SSSR count). The molecule has 1 atom stereocenters. The van der Waals surface area contributed by atoms with E-state index < -0.39 is 0 Å². The first-order valence-corrected chi connectivity index (χ1v) is 7.68. The molecule has 0 aliphatic carbocycles. The zero-order chi connectivity index (χ0) is 15.9. The third kappa shape index (κ3) is 6.25. The fraction of sp³-hybridized carbons (Fsp3) is 0.800. The number of aromatic nitrogens is 2. The minimum Gasteiger partial charge on any atom is -0.345 e. The Labute approximate surface area is 126 Å². The lowest BCUT2D eigenvalue weighted by atomic mass is 9.96. The molecule has 120 valence electrons. The molecule has 0 fully saturated rings. The van der Waals surface area contributed by atoms with Crippen LogP contribution in [-0.4, -0.2) is 22.6 Å². The van der Waals surface area contributed by atoms with Gasteiger partial charge in [-0.3, -0.25) is 4.79 Å². The van der Waals surface area contributed by atoms with Crippen molar-refractivity contribution in [2.75, 3.05) is 6.54 Å². The zero-order valence-corrected chi connectivity index (χ0v) is 13.6. The summed E-state index contributed by atoms with van der Waals surface area (Å²) >= 11 is 0. The van der Waals surface area contributed by atoms with E-state index >= 15 is 0 Å². The van der Waals surface area contributed by atoms with Gasteiger partial charge in [-0.15, -0.1) is 0 Å². The Balaban J connectivity index is 2.37. The van der Waals surface area contributed by atoms with E-state index in [0.29, 0.717) is 18.1 Å². The van der Waals surface area contributed by atoms with Crippen molar-refractivity contribution < 1.29 is 9.32 Å². The maximum Gasteiger partial charge on any atom is 0.248 e. The van der Waals surface area contributed by atoms with E-state index in [-0.39, 0.29) is 17.4 Å². The van der Waals surface area contributed by atoms with Gasteiger partial charge in [-0.1, -0.05) is 38.8 Å². The van der Waals surface area contributed by atoms with Crippen LogP contribution in [0, 0.1) is 0 Å². The van der Waals surface area contributed by atoms with Gasteiger partial charge in [-0.2, -0.15) is 4.98 Å². The predicted octanol–water partition coefficient (Wildman–Crippen LogP) is 2.45. The zero-order valence-electron chi connectivity index (χ0n) is 13.6. The lowest BCUT2D eigenvalue weighted by Gasteiger charge is -2.12. The molecule has 0 radical (unpaired) electrons. The Morgan fingerprint density at radius 1 is 1.29 bits per heavy atom. The molecule has 0 saturated heterocycles. The molecule has 6 nitrogen and oxygen atoms in total. The van der Waals surface area contributed by atoms with Crippen LogP contribution in [0.1, 0.15) is 77.6 Å². The Hall–Kier alpha value is -1.43. The molecular weight excluding hydrogens is 268 g/mol. The third-order valence-corrected chi connectivity index (χ3v) is 3.22. The molecule has 0 aliphatic heterocycles. The first-order valence-electron chi connectivity index (χ1n) is 7.68. The number of hydrogen-bond donors (Lipinski definition) is 2. The lowest BCUT2D eigenvalue weighted by molar-refractivity contribution is -0.122. The van der Waals surface area contributed by atoms with Crippen molar-refractivity contribution in [2.45, 2.75) is 71.3 Å². The van der Waals surface area contributed by atoms with Gasteiger partial charge in [0, 0.05) is 11.8 Å². The first kappa shape index (κ1) is 17.6. The summed E-state index contributed by atoms with van der Waals surface area (Å²) in [6.45, 7) is 8.63. The average molecular weight is 296 g/mol. The summed E-state index contributed by atoms with van der Waals surface area (Å²) in [5.41, 5.74) is 5.27.